The van der Waals surface area contributed by atoms with Gasteiger partial charge in [0.15, 0.2) is 10.7 Å². The molecule has 11 heteroatoms. The predicted molar refractivity (Wildman–Crippen MR) is 53.5 cm³/mol. The van der Waals surface area contributed by atoms with E-state index in [0.29, 0.717) is 6.07 Å². The van der Waals surface area contributed by atoms with Crippen LogP contribution in [0.1, 0.15) is 23.2 Å². The van der Waals surface area contributed by atoms with Crippen molar-refractivity contribution in [2.75, 3.05) is 0 Å². The fourth-order valence-electron chi connectivity index (χ4n) is 1.34. The van der Waals surface area contributed by atoms with Crippen molar-refractivity contribution in [2.24, 2.45) is 10.9 Å². The van der Waals surface area contributed by atoms with Crippen LogP contribution in [0.3, 0.4) is 0 Å². The van der Waals surface area contributed by atoms with Crippen LogP contribution in [0.4, 0.5) is 22.0 Å². The quantitative estimate of drug-likeness (QED) is 0.818. The van der Waals surface area contributed by atoms with Crippen molar-refractivity contribution in [3.63, 3.8) is 0 Å². The van der Waals surface area contributed by atoms with Crippen molar-refractivity contribution in [2.45, 2.75) is 24.2 Å². The van der Waals surface area contributed by atoms with Gasteiger partial charge in [0.05, 0.1) is 0 Å². The Morgan fingerprint density at radius 1 is 1.32 bits per heavy atom. The van der Waals surface area contributed by atoms with Crippen LogP contribution in [0.5, 0.6) is 0 Å². The number of sulfonamides is 1. The van der Waals surface area contributed by atoms with Gasteiger partial charge in [-0.3, -0.25) is 0 Å². The summed E-state index contributed by atoms with van der Waals surface area (Å²) in [5, 5.41) is 3.51. The third kappa shape index (κ3) is 3.36. The van der Waals surface area contributed by atoms with E-state index in [2.05, 4.69) is 10.1 Å². The standard InChI is InChI=1S/C8H8F5N3O2S/c9-6(10)4-1-3(2-14)7(19(15,17)18)16-5(4)8(11,12)13/h1,6H,2,14H2,(H2,15,17,18). The Morgan fingerprint density at radius 2 is 1.84 bits per heavy atom. The third-order valence-electron chi connectivity index (χ3n) is 2.08. The molecule has 0 aliphatic heterocycles. The fraction of sp³-hybridized carbons (Fsp3) is 0.375. The van der Waals surface area contributed by atoms with Crippen molar-refractivity contribution in [3.05, 3.63) is 22.9 Å². The first-order valence-electron chi connectivity index (χ1n) is 4.60. The van der Waals surface area contributed by atoms with Crippen LogP contribution in [0.25, 0.3) is 0 Å². The molecule has 0 fully saturated rings. The van der Waals surface area contributed by atoms with Gasteiger partial charge in [-0.05, 0) is 6.07 Å². The lowest BCUT2D eigenvalue weighted by atomic mass is 10.1. The monoisotopic (exact) mass is 305 g/mol. The molecule has 0 bridgehead atoms. The number of alkyl halides is 5. The summed E-state index contributed by atoms with van der Waals surface area (Å²) in [4.78, 5) is 2.71. The molecular weight excluding hydrogens is 297 g/mol. The van der Waals surface area contributed by atoms with Gasteiger partial charge in [0.2, 0.25) is 0 Å². The third-order valence-corrected chi connectivity index (χ3v) is 2.98. The van der Waals surface area contributed by atoms with Gasteiger partial charge in [0.1, 0.15) is 0 Å². The summed E-state index contributed by atoms with van der Waals surface area (Å²) in [5.41, 5.74) is 1.14. The van der Waals surface area contributed by atoms with Gasteiger partial charge in [-0.25, -0.2) is 27.3 Å². The molecule has 0 saturated carbocycles. The molecular formula is C8H8F5N3O2S. The lowest BCUT2D eigenvalue weighted by molar-refractivity contribution is -0.143. The van der Waals surface area contributed by atoms with Crippen molar-refractivity contribution >= 4 is 10.0 Å². The first-order chi connectivity index (χ1) is 8.48. The van der Waals surface area contributed by atoms with Crippen molar-refractivity contribution in [1.29, 1.82) is 0 Å². The highest BCUT2D eigenvalue weighted by atomic mass is 32.2. The van der Waals surface area contributed by atoms with E-state index in [9.17, 15) is 30.4 Å². The van der Waals surface area contributed by atoms with Gasteiger partial charge < -0.3 is 5.73 Å². The summed E-state index contributed by atoms with van der Waals surface area (Å²) in [6.07, 6.45) is -8.72. The molecule has 0 saturated heterocycles. The Morgan fingerprint density at radius 3 is 2.16 bits per heavy atom. The van der Waals surface area contributed by atoms with Crippen LogP contribution >= 0.6 is 0 Å². The Hall–Kier alpha value is -1.33. The maximum absolute atomic E-state index is 12.5. The van der Waals surface area contributed by atoms with E-state index in [-0.39, 0.29) is 0 Å². The molecule has 1 heterocycles. The number of pyridine rings is 1. The van der Waals surface area contributed by atoms with Crippen LogP contribution in [-0.4, -0.2) is 13.4 Å². The first-order valence-corrected chi connectivity index (χ1v) is 6.15. The average molecular weight is 305 g/mol. The van der Waals surface area contributed by atoms with E-state index in [1.165, 1.54) is 0 Å². The molecule has 0 aliphatic carbocycles. The van der Waals surface area contributed by atoms with Crippen LogP contribution in [0.15, 0.2) is 11.1 Å². The first kappa shape index (κ1) is 15.7. The lowest BCUT2D eigenvalue weighted by Crippen LogP contribution is -2.22. The molecule has 0 radical (unpaired) electrons. The highest BCUT2D eigenvalue weighted by Crippen LogP contribution is 2.36. The van der Waals surface area contributed by atoms with Gasteiger partial charge in [-0.2, -0.15) is 13.2 Å². The van der Waals surface area contributed by atoms with Gasteiger partial charge in [-0.15, -0.1) is 0 Å². The molecule has 0 aromatic carbocycles. The van der Waals surface area contributed by atoms with Gasteiger partial charge in [0, 0.05) is 17.7 Å². The number of nitrogens with zero attached hydrogens (tertiary/aromatic N) is 1. The smallest absolute Gasteiger partial charge is 0.326 e. The number of halogens is 5. The van der Waals surface area contributed by atoms with E-state index >= 15 is 0 Å². The second-order valence-electron chi connectivity index (χ2n) is 3.44. The summed E-state index contributed by atoms with van der Waals surface area (Å²) < 4.78 is 84.9. The summed E-state index contributed by atoms with van der Waals surface area (Å²) in [6, 6.07) is 0.347. The lowest BCUT2D eigenvalue weighted by Gasteiger charge is -2.15. The zero-order valence-corrected chi connectivity index (χ0v) is 9.89. The van der Waals surface area contributed by atoms with Gasteiger partial charge in [-0.1, -0.05) is 0 Å². The highest BCUT2D eigenvalue weighted by molar-refractivity contribution is 7.89. The molecule has 1 rings (SSSR count). The topological polar surface area (TPSA) is 99.1 Å². The van der Waals surface area contributed by atoms with Crippen molar-refractivity contribution in [1.82, 2.24) is 4.98 Å². The number of hydrogen-bond donors (Lipinski definition) is 2. The molecule has 4 N–H and O–H groups in total. The molecule has 5 nitrogen and oxygen atoms in total. The number of rotatable bonds is 3. The average Bonchev–Trinajstić information content (AvgIpc) is 2.24. The van der Waals surface area contributed by atoms with E-state index in [4.69, 9.17) is 5.73 Å². The molecule has 0 atom stereocenters. The molecule has 0 unspecified atom stereocenters. The normalized spacial score (nSPS) is 13.1. The highest BCUT2D eigenvalue weighted by Gasteiger charge is 2.39. The van der Waals surface area contributed by atoms with Gasteiger partial charge >= 0.3 is 6.18 Å². The van der Waals surface area contributed by atoms with Crippen LogP contribution in [0.2, 0.25) is 0 Å². The summed E-state index contributed by atoms with van der Waals surface area (Å²) >= 11 is 0. The largest absolute Gasteiger partial charge is 0.433 e. The zero-order chi connectivity index (χ0) is 15.0. The predicted octanol–water partition coefficient (Wildman–Crippen LogP) is 1.14. The molecule has 1 aromatic rings. The Bertz CT molecular complexity index is 585. The Balaban J connectivity index is 3.72. The van der Waals surface area contributed by atoms with E-state index in [0.717, 1.165) is 0 Å². The SMILES string of the molecule is NCc1cc(C(F)F)c(C(F)(F)F)nc1S(N)(=O)=O. The number of hydrogen-bond acceptors (Lipinski definition) is 4. The van der Waals surface area contributed by atoms with Crippen molar-refractivity contribution in [3.8, 4) is 0 Å². The maximum atomic E-state index is 12.5. The van der Waals surface area contributed by atoms with Crippen LogP contribution in [-0.2, 0) is 22.7 Å². The van der Waals surface area contributed by atoms with Gasteiger partial charge in [0.25, 0.3) is 16.4 Å². The van der Waals surface area contributed by atoms with E-state index in [1.54, 1.807) is 0 Å². The van der Waals surface area contributed by atoms with Crippen LogP contribution < -0.4 is 10.9 Å². The summed E-state index contributed by atoms with van der Waals surface area (Å²) in [5.74, 6) is 0. The summed E-state index contributed by atoms with van der Waals surface area (Å²) in [7, 11) is -4.61. The molecule has 108 valence electrons. The van der Waals surface area contributed by atoms with E-state index in [1.807, 2.05) is 0 Å². The zero-order valence-electron chi connectivity index (χ0n) is 9.08. The molecule has 0 spiro atoms. The number of primary sulfonamides is 1. The van der Waals surface area contributed by atoms with Crippen molar-refractivity contribution < 1.29 is 30.4 Å². The minimum atomic E-state index is -5.24. The second kappa shape index (κ2) is 4.98. The maximum Gasteiger partial charge on any atom is 0.433 e. The molecule has 0 aliphatic rings. The number of nitrogens with two attached hydrogens (primary N) is 2. The minimum Gasteiger partial charge on any atom is -0.326 e. The Kier molecular flexibility index (Phi) is 4.12. The van der Waals surface area contributed by atoms with Crippen LogP contribution in [0, 0.1) is 0 Å². The molecule has 0 amide bonds. The molecule has 1 aromatic heterocycles. The molecule has 19 heavy (non-hydrogen) atoms. The fourth-order valence-corrected chi connectivity index (χ4v) is 2.07. The Labute approximate surface area is 104 Å². The minimum absolute atomic E-state index is 0.347. The second-order valence-corrected chi connectivity index (χ2v) is 4.91. The van der Waals surface area contributed by atoms with E-state index < -0.39 is 51.0 Å². The number of aromatic nitrogens is 1. The summed E-state index contributed by atoms with van der Waals surface area (Å²) in [6.45, 7) is -0.601.